The maximum atomic E-state index is 5.61. The van der Waals surface area contributed by atoms with Gasteiger partial charge < -0.3 is 19.5 Å². The van der Waals surface area contributed by atoms with Crippen molar-refractivity contribution in [3.05, 3.63) is 17.2 Å². The molecule has 106 valence electrons. The van der Waals surface area contributed by atoms with Crippen molar-refractivity contribution in [3.63, 3.8) is 0 Å². The van der Waals surface area contributed by atoms with Crippen molar-refractivity contribution in [2.45, 2.75) is 32.2 Å². The van der Waals surface area contributed by atoms with Crippen LogP contribution in [0, 0.1) is 0 Å². The van der Waals surface area contributed by atoms with Crippen molar-refractivity contribution in [1.29, 1.82) is 0 Å². The Kier molecular flexibility index (Phi) is 4.53. The second-order valence-electron chi connectivity index (χ2n) is 4.76. The minimum absolute atomic E-state index is 0.337. The van der Waals surface area contributed by atoms with Gasteiger partial charge in [-0.15, -0.1) is 0 Å². The van der Waals surface area contributed by atoms with E-state index in [4.69, 9.17) is 14.2 Å². The van der Waals surface area contributed by atoms with E-state index in [2.05, 4.69) is 18.3 Å². The normalized spacial score (nSPS) is 17.8. The molecule has 1 unspecified atom stereocenters. The molecule has 4 nitrogen and oxygen atoms in total. The molecule has 1 atom stereocenters. The lowest BCUT2D eigenvalue weighted by Gasteiger charge is -2.30. The van der Waals surface area contributed by atoms with E-state index in [1.807, 2.05) is 0 Å². The molecule has 1 aliphatic heterocycles. The molecule has 1 aromatic rings. The summed E-state index contributed by atoms with van der Waals surface area (Å²) in [5, 5.41) is 3.56. The second kappa shape index (κ2) is 6.15. The summed E-state index contributed by atoms with van der Waals surface area (Å²) in [6.45, 7) is 3.19. The van der Waals surface area contributed by atoms with Crippen molar-refractivity contribution >= 4 is 0 Å². The van der Waals surface area contributed by atoms with Crippen LogP contribution in [0.3, 0.4) is 0 Å². The molecule has 1 aliphatic rings. The molecule has 4 heteroatoms. The highest BCUT2D eigenvalue weighted by atomic mass is 16.5. The first-order chi connectivity index (χ1) is 9.26. The largest absolute Gasteiger partial charge is 0.493 e. The zero-order valence-electron chi connectivity index (χ0n) is 12.2. The molecule has 0 bridgehead atoms. The lowest BCUT2D eigenvalue weighted by Crippen LogP contribution is -2.30. The molecule has 1 aromatic carbocycles. The Labute approximate surface area is 115 Å². The zero-order valence-corrected chi connectivity index (χ0v) is 12.2. The third kappa shape index (κ3) is 2.50. The molecule has 0 aromatic heterocycles. The molecule has 0 amide bonds. The van der Waals surface area contributed by atoms with Crippen LogP contribution in [0.5, 0.6) is 17.2 Å². The molecule has 0 saturated carbocycles. The van der Waals surface area contributed by atoms with Gasteiger partial charge in [0.15, 0.2) is 11.5 Å². The zero-order chi connectivity index (χ0) is 13.8. The van der Waals surface area contributed by atoms with Gasteiger partial charge in [0.05, 0.1) is 21.3 Å². The van der Waals surface area contributed by atoms with Crippen LogP contribution in [0.25, 0.3) is 0 Å². The van der Waals surface area contributed by atoms with Crippen molar-refractivity contribution in [3.8, 4) is 17.2 Å². The van der Waals surface area contributed by atoms with Crippen LogP contribution < -0.4 is 19.5 Å². The minimum atomic E-state index is 0.337. The average Bonchev–Trinajstić information content (AvgIpc) is 2.45. The monoisotopic (exact) mass is 265 g/mol. The number of fused-ring (bicyclic) bond motifs is 1. The summed E-state index contributed by atoms with van der Waals surface area (Å²) >= 11 is 0. The van der Waals surface area contributed by atoms with Crippen molar-refractivity contribution in [2.24, 2.45) is 0 Å². The van der Waals surface area contributed by atoms with Crippen LogP contribution in [0.15, 0.2) is 6.07 Å². The molecule has 2 rings (SSSR count). The Morgan fingerprint density at radius 1 is 1.16 bits per heavy atom. The molecule has 0 saturated heterocycles. The summed E-state index contributed by atoms with van der Waals surface area (Å²) in [6, 6.07) is 2.42. The van der Waals surface area contributed by atoms with Crippen LogP contribution in [0.1, 0.15) is 36.9 Å². The van der Waals surface area contributed by atoms with Crippen LogP contribution in [-0.4, -0.2) is 27.9 Å². The minimum Gasteiger partial charge on any atom is -0.493 e. The molecule has 19 heavy (non-hydrogen) atoms. The van der Waals surface area contributed by atoms with Gasteiger partial charge in [0.25, 0.3) is 0 Å². The van der Waals surface area contributed by atoms with Gasteiger partial charge >= 0.3 is 0 Å². The maximum absolute atomic E-state index is 5.61. The van der Waals surface area contributed by atoms with E-state index in [1.54, 1.807) is 21.3 Å². The fourth-order valence-corrected chi connectivity index (χ4v) is 2.84. The number of hydrogen-bond donors (Lipinski definition) is 1. The van der Waals surface area contributed by atoms with Gasteiger partial charge in [-0.1, -0.05) is 13.3 Å². The molecule has 0 radical (unpaired) electrons. The Morgan fingerprint density at radius 2 is 1.89 bits per heavy atom. The average molecular weight is 265 g/mol. The van der Waals surface area contributed by atoms with Gasteiger partial charge in [0.1, 0.15) is 0 Å². The molecular weight excluding hydrogens is 242 g/mol. The second-order valence-corrected chi connectivity index (χ2v) is 4.76. The van der Waals surface area contributed by atoms with Crippen molar-refractivity contribution < 1.29 is 14.2 Å². The smallest absolute Gasteiger partial charge is 0.203 e. The van der Waals surface area contributed by atoms with Crippen molar-refractivity contribution in [2.75, 3.05) is 27.9 Å². The van der Waals surface area contributed by atoms with E-state index in [0.717, 1.165) is 37.3 Å². The molecule has 1 N–H and O–H groups in total. The highest BCUT2D eigenvalue weighted by molar-refractivity contribution is 5.60. The Balaban J connectivity index is 2.58. The molecule has 0 aliphatic carbocycles. The van der Waals surface area contributed by atoms with Crippen LogP contribution in [0.4, 0.5) is 0 Å². The number of rotatable bonds is 5. The van der Waals surface area contributed by atoms with E-state index in [9.17, 15) is 0 Å². The Bertz CT molecular complexity index is 446. The number of nitrogens with one attached hydrogen (secondary N) is 1. The van der Waals surface area contributed by atoms with Crippen LogP contribution in [0.2, 0.25) is 0 Å². The summed E-state index contributed by atoms with van der Waals surface area (Å²) in [5.74, 6) is 2.24. The molecule has 0 spiro atoms. The standard InChI is InChI=1S/C15H23NO3/c1-5-6-11-13-10(7-8-16-11)9-12(17-2)14(18-3)15(13)19-4/h9,11,16H,5-8H2,1-4H3. The number of hydrogen-bond acceptors (Lipinski definition) is 4. The third-order valence-corrected chi connectivity index (χ3v) is 3.66. The third-order valence-electron chi connectivity index (χ3n) is 3.66. The van der Waals surface area contributed by atoms with Gasteiger partial charge in [0.2, 0.25) is 5.75 Å². The van der Waals surface area contributed by atoms with E-state index < -0.39 is 0 Å². The van der Waals surface area contributed by atoms with E-state index >= 15 is 0 Å². The quantitative estimate of drug-likeness (QED) is 0.888. The lowest BCUT2D eigenvalue weighted by molar-refractivity contribution is 0.314. The van der Waals surface area contributed by atoms with E-state index in [0.29, 0.717) is 11.8 Å². The van der Waals surface area contributed by atoms with Crippen LogP contribution >= 0.6 is 0 Å². The highest BCUT2D eigenvalue weighted by Gasteiger charge is 2.28. The number of ether oxygens (including phenoxy) is 3. The summed E-state index contributed by atoms with van der Waals surface area (Å²) in [6.07, 6.45) is 3.22. The predicted octanol–water partition coefficient (Wildman–Crippen LogP) is 2.70. The summed E-state index contributed by atoms with van der Waals surface area (Å²) in [5.41, 5.74) is 2.53. The fraction of sp³-hybridized carbons (Fsp3) is 0.600. The summed E-state index contributed by atoms with van der Waals surface area (Å²) in [4.78, 5) is 0. The van der Waals surface area contributed by atoms with Gasteiger partial charge in [-0.2, -0.15) is 0 Å². The summed E-state index contributed by atoms with van der Waals surface area (Å²) in [7, 11) is 5.00. The number of benzene rings is 1. The topological polar surface area (TPSA) is 39.7 Å². The van der Waals surface area contributed by atoms with E-state index in [1.165, 1.54) is 11.1 Å². The first-order valence-corrected chi connectivity index (χ1v) is 6.81. The van der Waals surface area contributed by atoms with Gasteiger partial charge in [0, 0.05) is 11.6 Å². The van der Waals surface area contributed by atoms with Crippen molar-refractivity contribution in [1.82, 2.24) is 5.32 Å². The van der Waals surface area contributed by atoms with E-state index in [-0.39, 0.29) is 0 Å². The Morgan fingerprint density at radius 3 is 2.47 bits per heavy atom. The van der Waals surface area contributed by atoms with Gasteiger partial charge in [-0.25, -0.2) is 0 Å². The first-order valence-electron chi connectivity index (χ1n) is 6.81. The molecule has 1 heterocycles. The van der Waals surface area contributed by atoms with Crippen LogP contribution in [-0.2, 0) is 6.42 Å². The molecular formula is C15H23NO3. The fourth-order valence-electron chi connectivity index (χ4n) is 2.84. The Hall–Kier alpha value is -1.42. The maximum Gasteiger partial charge on any atom is 0.203 e. The first kappa shape index (κ1) is 14.0. The summed E-state index contributed by atoms with van der Waals surface area (Å²) < 4.78 is 16.5. The van der Waals surface area contributed by atoms with Gasteiger partial charge in [-0.05, 0) is 31.0 Å². The highest BCUT2D eigenvalue weighted by Crippen LogP contribution is 2.46. The number of methoxy groups -OCH3 is 3. The van der Waals surface area contributed by atoms with Gasteiger partial charge in [-0.3, -0.25) is 0 Å². The lowest BCUT2D eigenvalue weighted by atomic mass is 9.90. The predicted molar refractivity (Wildman–Crippen MR) is 75.5 cm³/mol. The SMILES string of the molecule is CCCC1NCCc2cc(OC)c(OC)c(OC)c21. The molecule has 0 fully saturated rings.